The smallest absolute Gasteiger partial charge is 0.317 e. The number of hydrogen-bond acceptors (Lipinski definition) is 7. The second-order valence-electron chi connectivity index (χ2n) is 14.3. The van der Waals surface area contributed by atoms with Crippen molar-refractivity contribution in [3.05, 3.63) is 16.6 Å². The van der Waals surface area contributed by atoms with E-state index in [1.807, 2.05) is 9.80 Å². The molecule has 230 valence electrons. The van der Waals surface area contributed by atoms with Crippen molar-refractivity contribution in [1.29, 1.82) is 0 Å². The molecule has 1 spiro atoms. The van der Waals surface area contributed by atoms with Crippen molar-refractivity contribution < 1.29 is 24.3 Å². The molecule has 3 amide bonds. The van der Waals surface area contributed by atoms with Gasteiger partial charge in [-0.15, -0.1) is 11.3 Å². The zero-order valence-corrected chi connectivity index (χ0v) is 25.8. The molecule has 1 aromatic heterocycles. The lowest BCUT2D eigenvalue weighted by atomic mass is 9.70. The summed E-state index contributed by atoms with van der Waals surface area (Å²) in [5.41, 5.74) is 1.25. The van der Waals surface area contributed by atoms with E-state index >= 15 is 0 Å². The molecule has 2 aliphatic carbocycles. The van der Waals surface area contributed by atoms with Crippen LogP contribution in [-0.2, 0) is 14.4 Å². The van der Waals surface area contributed by atoms with Gasteiger partial charge in [0.05, 0.1) is 24.2 Å². The first-order chi connectivity index (χ1) is 20.1. The summed E-state index contributed by atoms with van der Waals surface area (Å²) in [4.78, 5) is 65.1. The highest BCUT2D eigenvalue weighted by Gasteiger charge is 2.62. The Hall–Kier alpha value is -2.53. The van der Waals surface area contributed by atoms with E-state index in [1.165, 1.54) is 30.6 Å². The maximum Gasteiger partial charge on any atom is 0.317 e. The first-order valence-electron chi connectivity index (χ1n) is 15.8. The van der Waals surface area contributed by atoms with Crippen LogP contribution in [0.3, 0.4) is 0 Å². The summed E-state index contributed by atoms with van der Waals surface area (Å²) in [5, 5.41) is 9.71. The van der Waals surface area contributed by atoms with Gasteiger partial charge in [-0.3, -0.25) is 29.1 Å². The minimum atomic E-state index is -0.820. The van der Waals surface area contributed by atoms with Crippen molar-refractivity contribution in [2.75, 3.05) is 52.4 Å². The summed E-state index contributed by atoms with van der Waals surface area (Å²) in [7, 11) is 0. The molecule has 6 rings (SSSR count). The summed E-state index contributed by atoms with van der Waals surface area (Å²) in [5.74, 6) is -0.511. The highest BCUT2D eigenvalue weighted by molar-refractivity contribution is 7.11. The Labute approximate surface area is 252 Å². The van der Waals surface area contributed by atoms with Crippen molar-refractivity contribution >= 4 is 35.0 Å². The number of carbonyl (C=O) groups is 4. The maximum atomic E-state index is 14.3. The highest BCUT2D eigenvalue weighted by Crippen LogP contribution is 2.55. The van der Waals surface area contributed by atoms with Crippen LogP contribution in [0.25, 0.3) is 0 Å². The number of carbonyl (C=O) groups excluding carboxylic acids is 3. The van der Waals surface area contributed by atoms with E-state index < -0.39 is 11.4 Å². The van der Waals surface area contributed by atoms with E-state index in [-0.39, 0.29) is 47.6 Å². The number of carboxylic acid groups (broad SMARTS) is 1. The van der Waals surface area contributed by atoms with Crippen LogP contribution in [0.4, 0.5) is 0 Å². The molecule has 10 nitrogen and oxygen atoms in total. The fourth-order valence-electron chi connectivity index (χ4n) is 8.13. The Morgan fingerprint density at radius 3 is 2.29 bits per heavy atom. The monoisotopic (exact) mass is 599 g/mol. The summed E-state index contributed by atoms with van der Waals surface area (Å²) < 4.78 is 0. The van der Waals surface area contributed by atoms with Gasteiger partial charge in [-0.05, 0) is 43.4 Å². The highest BCUT2D eigenvalue weighted by atomic mass is 32.1. The van der Waals surface area contributed by atoms with Gasteiger partial charge in [0.25, 0.3) is 5.91 Å². The normalized spacial score (nSPS) is 28.6. The number of piperidine rings is 1. The van der Waals surface area contributed by atoms with Crippen LogP contribution in [-0.4, -0.2) is 112 Å². The second kappa shape index (κ2) is 11.5. The molecule has 0 aromatic carbocycles. The van der Waals surface area contributed by atoms with Crippen molar-refractivity contribution in [1.82, 2.24) is 24.6 Å². The number of hydrogen-bond donors (Lipinski definition) is 1. The molecule has 4 heterocycles. The van der Waals surface area contributed by atoms with Crippen LogP contribution in [0.1, 0.15) is 74.9 Å². The number of amides is 3. The molecule has 3 atom stereocenters. The molecular weight excluding hydrogens is 554 g/mol. The first-order valence-corrected chi connectivity index (χ1v) is 16.7. The quantitative estimate of drug-likeness (QED) is 0.489. The largest absolute Gasteiger partial charge is 0.480 e. The maximum absolute atomic E-state index is 14.3. The third-order valence-electron chi connectivity index (χ3n) is 10.8. The molecule has 2 saturated carbocycles. The lowest BCUT2D eigenvalue weighted by Crippen LogP contribution is -2.65. The third-order valence-corrected chi connectivity index (χ3v) is 11.6. The molecule has 3 aliphatic heterocycles. The summed E-state index contributed by atoms with van der Waals surface area (Å²) >= 11 is 1.31. The summed E-state index contributed by atoms with van der Waals surface area (Å²) in [6.45, 7) is 8.00. The predicted molar refractivity (Wildman–Crippen MR) is 158 cm³/mol. The van der Waals surface area contributed by atoms with Gasteiger partial charge < -0.3 is 19.8 Å². The molecule has 0 bridgehead atoms. The molecule has 11 heteroatoms. The lowest BCUT2D eigenvalue weighted by molar-refractivity contribution is -0.156. The van der Waals surface area contributed by atoms with E-state index in [0.717, 1.165) is 38.6 Å². The number of likely N-dealkylation sites (tertiary alicyclic amines) is 3. The zero-order valence-electron chi connectivity index (χ0n) is 25.0. The van der Waals surface area contributed by atoms with Crippen molar-refractivity contribution in [2.24, 2.45) is 28.6 Å². The fraction of sp³-hybridized carbons (Fsp3) is 0.774. The lowest BCUT2D eigenvalue weighted by Gasteiger charge is -2.51. The van der Waals surface area contributed by atoms with Gasteiger partial charge in [-0.2, -0.15) is 0 Å². The van der Waals surface area contributed by atoms with E-state index in [0.29, 0.717) is 50.1 Å². The fourth-order valence-corrected chi connectivity index (χ4v) is 8.72. The topological polar surface area (TPSA) is 114 Å². The number of carboxylic acids is 1. The van der Waals surface area contributed by atoms with Crippen molar-refractivity contribution in [3.63, 3.8) is 0 Å². The summed E-state index contributed by atoms with van der Waals surface area (Å²) in [6, 6.07) is 0.0181. The molecular formula is C31H45N5O5S. The summed E-state index contributed by atoms with van der Waals surface area (Å²) in [6.07, 6.45) is 10.2. The standard InChI is InChI=1S/C31H45N5O5S/c1-30(2)11-23(30)27(39)36-18-31(19-36)17-35(29(41)25-12-32-20-42-25)15-24(31)28(40)33-10-6-9-22(14-33)34(16-26(37)38)13-21-7-4-3-5-8-21/h12,20-24H,3-11,13-19H2,1-2H3,(H,37,38)/t22-,23-,24+/m1/s1. The SMILES string of the molecule is CC1(C)C[C@@H]1C(=O)N1CC2(CN(C(=O)c3cncs3)C[C@H]2C(=O)N2CCC[C@@H](N(CC(=O)O)CC3CCCCC3)C2)C1. The average molecular weight is 600 g/mol. The molecule has 1 N–H and O–H groups in total. The van der Waals surface area contributed by atoms with E-state index in [4.69, 9.17) is 0 Å². The Balaban J connectivity index is 1.17. The van der Waals surface area contributed by atoms with Crippen LogP contribution in [0.2, 0.25) is 0 Å². The number of rotatable bonds is 8. The Morgan fingerprint density at radius 1 is 0.952 bits per heavy atom. The number of thiazole rings is 1. The van der Waals surface area contributed by atoms with Crippen LogP contribution in [0, 0.1) is 28.6 Å². The molecule has 1 aromatic rings. The Bertz CT molecular complexity index is 1190. The van der Waals surface area contributed by atoms with Gasteiger partial charge in [0.2, 0.25) is 11.8 Å². The Kier molecular flexibility index (Phi) is 8.10. The van der Waals surface area contributed by atoms with Crippen molar-refractivity contribution in [2.45, 2.75) is 71.3 Å². The molecule has 5 fully saturated rings. The predicted octanol–water partition coefficient (Wildman–Crippen LogP) is 3.05. The van der Waals surface area contributed by atoms with Crippen LogP contribution >= 0.6 is 11.3 Å². The van der Waals surface area contributed by atoms with Gasteiger partial charge >= 0.3 is 5.97 Å². The van der Waals surface area contributed by atoms with Crippen LogP contribution in [0.5, 0.6) is 0 Å². The van der Waals surface area contributed by atoms with Gasteiger partial charge in [0.1, 0.15) is 4.88 Å². The third kappa shape index (κ3) is 5.83. The molecule has 0 unspecified atom stereocenters. The first kappa shape index (κ1) is 29.5. The zero-order chi connectivity index (χ0) is 29.6. The Morgan fingerprint density at radius 2 is 1.64 bits per heavy atom. The minimum Gasteiger partial charge on any atom is -0.480 e. The number of aliphatic carboxylic acids is 1. The number of aromatic nitrogens is 1. The minimum absolute atomic E-state index is 0.00226. The van der Waals surface area contributed by atoms with Crippen LogP contribution in [0.15, 0.2) is 11.7 Å². The van der Waals surface area contributed by atoms with E-state index in [1.54, 1.807) is 16.6 Å². The van der Waals surface area contributed by atoms with Gasteiger partial charge in [0.15, 0.2) is 0 Å². The van der Waals surface area contributed by atoms with E-state index in [9.17, 15) is 24.3 Å². The van der Waals surface area contributed by atoms with Gasteiger partial charge in [-0.1, -0.05) is 33.1 Å². The molecule has 42 heavy (non-hydrogen) atoms. The molecule has 5 aliphatic rings. The van der Waals surface area contributed by atoms with Gasteiger partial charge in [0, 0.05) is 63.2 Å². The van der Waals surface area contributed by atoms with Crippen molar-refractivity contribution in [3.8, 4) is 0 Å². The second-order valence-corrected chi connectivity index (χ2v) is 15.2. The van der Waals surface area contributed by atoms with E-state index in [2.05, 4.69) is 23.7 Å². The number of nitrogens with zero attached hydrogens (tertiary/aromatic N) is 5. The molecule has 0 radical (unpaired) electrons. The average Bonchev–Trinajstić information content (AvgIpc) is 3.33. The molecule has 3 saturated heterocycles. The van der Waals surface area contributed by atoms with Gasteiger partial charge in [-0.25, -0.2) is 0 Å². The van der Waals surface area contributed by atoms with Crippen LogP contribution < -0.4 is 0 Å².